The first-order valence-electron chi connectivity index (χ1n) is 10.3. The Kier molecular flexibility index (Phi) is 7.50. The molecule has 1 fully saturated rings. The fourth-order valence-corrected chi connectivity index (χ4v) is 5.31. The summed E-state index contributed by atoms with van der Waals surface area (Å²) >= 11 is 8.97. The maximum Gasteiger partial charge on any atom is 0.234 e. The number of anilines is 2. The van der Waals surface area contributed by atoms with Gasteiger partial charge in [-0.1, -0.05) is 54.6 Å². The van der Waals surface area contributed by atoms with Crippen LogP contribution in [0.1, 0.15) is 6.92 Å². The SMILES string of the molecule is CCN1CCN(c2ccccc2NC(=O)CSc2nc(-c3ccc(Cl)cc3)cs2)CC1. The van der Waals surface area contributed by atoms with Gasteiger partial charge >= 0.3 is 0 Å². The molecule has 1 aromatic heterocycles. The molecule has 162 valence electrons. The lowest BCUT2D eigenvalue weighted by Gasteiger charge is -2.36. The smallest absolute Gasteiger partial charge is 0.234 e. The van der Waals surface area contributed by atoms with E-state index in [-0.39, 0.29) is 5.91 Å². The third kappa shape index (κ3) is 5.80. The third-order valence-corrected chi connectivity index (χ3v) is 7.56. The Morgan fingerprint density at radius 2 is 1.87 bits per heavy atom. The van der Waals surface area contributed by atoms with Gasteiger partial charge in [0.05, 0.1) is 22.8 Å². The van der Waals surface area contributed by atoms with Crippen molar-refractivity contribution in [3.8, 4) is 11.3 Å². The first kappa shape index (κ1) is 22.1. The summed E-state index contributed by atoms with van der Waals surface area (Å²) in [7, 11) is 0. The van der Waals surface area contributed by atoms with E-state index >= 15 is 0 Å². The molecular weight excluding hydrogens is 448 g/mol. The molecule has 1 aliphatic rings. The maximum absolute atomic E-state index is 12.6. The van der Waals surface area contributed by atoms with E-state index in [1.165, 1.54) is 11.8 Å². The fraction of sp³-hybridized carbons (Fsp3) is 0.304. The van der Waals surface area contributed by atoms with E-state index in [0.29, 0.717) is 10.8 Å². The van der Waals surface area contributed by atoms with Crippen molar-refractivity contribution >= 4 is 52.0 Å². The van der Waals surface area contributed by atoms with Crippen LogP contribution in [-0.2, 0) is 4.79 Å². The topological polar surface area (TPSA) is 48.5 Å². The molecule has 4 rings (SSSR count). The molecule has 3 aromatic rings. The van der Waals surface area contributed by atoms with E-state index in [0.717, 1.165) is 59.7 Å². The zero-order chi connectivity index (χ0) is 21.6. The number of aromatic nitrogens is 1. The van der Waals surface area contributed by atoms with Crippen LogP contribution in [0.2, 0.25) is 5.02 Å². The van der Waals surface area contributed by atoms with E-state index in [1.54, 1.807) is 11.3 Å². The molecule has 0 atom stereocenters. The largest absolute Gasteiger partial charge is 0.367 e. The number of thiazole rings is 1. The predicted octanol–water partition coefficient (Wildman–Crippen LogP) is 5.34. The highest BCUT2D eigenvalue weighted by Crippen LogP contribution is 2.30. The Morgan fingerprint density at radius 3 is 2.61 bits per heavy atom. The Hall–Kier alpha value is -2.06. The zero-order valence-corrected chi connectivity index (χ0v) is 19.8. The highest BCUT2D eigenvalue weighted by molar-refractivity contribution is 8.01. The molecule has 2 aromatic carbocycles. The first-order valence-corrected chi connectivity index (χ1v) is 12.6. The van der Waals surface area contributed by atoms with Crippen LogP contribution in [0.5, 0.6) is 0 Å². The minimum absolute atomic E-state index is 0.0205. The molecule has 1 saturated heterocycles. The van der Waals surface area contributed by atoms with Crippen molar-refractivity contribution in [3.05, 3.63) is 58.9 Å². The summed E-state index contributed by atoms with van der Waals surface area (Å²) in [5, 5.41) is 5.81. The normalized spacial score (nSPS) is 14.6. The number of hydrogen-bond donors (Lipinski definition) is 1. The number of likely N-dealkylation sites (N-methyl/N-ethyl adjacent to an activating group) is 1. The van der Waals surface area contributed by atoms with Gasteiger partial charge in [-0.05, 0) is 30.8 Å². The van der Waals surface area contributed by atoms with Gasteiger partial charge < -0.3 is 15.1 Å². The van der Waals surface area contributed by atoms with E-state index in [4.69, 9.17) is 11.6 Å². The second-order valence-corrected chi connectivity index (χ2v) is 9.80. The second-order valence-electron chi connectivity index (χ2n) is 7.28. The van der Waals surface area contributed by atoms with Crippen molar-refractivity contribution in [1.82, 2.24) is 9.88 Å². The lowest BCUT2D eigenvalue weighted by Crippen LogP contribution is -2.46. The molecule has 1 aliphatic heterocycles. The third-order valence-electron chi connectivity index (χ3n) is 5.29. The Balaban J connectivity index is 1.34. The monoisotopic (exact) mass is 472 g/mol. The van der Waals surface area contributed by atoms with Crippen LogP contribution < -0.4 is 10.2 Å². The molecule has 0 radical (unpaired) electrons. The van der Waals surface area contributed by atoms with E-state index in [2.05, 4.69) is 33.1 Å². The average molecular weight is 473 g/mol. The van der Waals surface area contributed by atoms with Crippen molar-refractivity contribution in [2.24, 2.45) is 0 Å². The minimum atomic E-state index is -0.0205. The number of nitrogens with zero attached hydrogens (tertiary/aromatic N) is 3. The summed E-state index contributed by atoms with van der Waals surface area (Å²) in [5.41, 5.74) is 3.89. The lowest BCUT2D eigenvalue weighted by atomic mass is 10.2. The Labute approximate surface area is 196 Å². The van der Waals surface area contributed by atoms with Crippen LogP contribution in [0.15, 0.2) is 58.3 Å². The lowest BCUT2D eigenvalue weighted by molar-refractivity contribution is -0.113. The van der Waals surface area contributed by atoms with Crippen molar-refractivity contribution < 1.29 is 4.79 Å². The number of piperazine rings is 1. The number of hydrogen-bond acceptors (Lipinski definition) is 6. The van der Waals surface area contributed by atoms with Gasteiger partial charge in [-0.25, -0.2) is 4.98 Å². The Morgan fingerprint density at radius 1 is 1.13 bits per heavy atom. The number of carbonyl (C=O) groups is 1. The van der Waals surface area contributed by atoms with Crippen LogP contribution in [0.25, 0.3) is 11.3 Å². The van der Waals surface area contributed by atoms with E-state index < -0.39 is 0 Å². The highest BCUT2D eigenvalue weighted by Gasteiger charge is 2.19. The van der Waals surface area contributed by atoms with Crippen LogP contribution in [0.3, 0.4) is 0 Å². The fourth-order valence-electron chi connectivity index (χ4n) is 3.55. The predicted molar refractivity (Wildman–Crippen MR) is 133 cm³/mol. The number of para-hydroxylation sites is 2. The molecule has 5 nitrogen and oxygen atoms in total. The number of rotatable bonds is 7. The number of halogens is 1. The zero-order valence-electron chi connectivity index (χ0n) is 17.4. The quantitative estimate of drug-likeness (QED) is 0.470. The molecule has 1 amide bonds. The molecule has 0 aliphatic carbocycles. The van der Waals surface area contributed by atoms with Gasteiger partial charge in [0.25, 0.3) is 0 Å². The van der Waals surface area contributed by atoms with E-state index in [1.807, 2.05) is 47.8 Å². The summed E-state index contributed by atoms with van der Waals surface area (Å²) in [4.78, 5) is 22.1. The van der Waals surface area contributed by atoms with Gasteiger partial charge in [0.15, 0.2) is 4.34 Å². The molecule has 8 heteroatoms. The average Bonchev–Trinajstić information content (AvgIpc) is 3.28. The summed E-state index contributed by atoms with van der Waals surface area (Å²) in [6, 6.07) is 15.7. The number of nitrogens with one attached hydrogen (secondary N) is 1. The van der Waals surface area contributed by atoms with Crippen molar-refractivity contribution in [2.45, 2.75) is 11.3 Å². The molecule has 2 heterocycles. The number of benzene rings is 2. The summed E-state index contributed by atoms with van der Waals surface area (Å²) in [6.07, 6.45) is 0. The standard InChI is InChI=1S/C23H25ClN4OS2/c1-2-27-11-13-28(14-12-27)21-6-4-3-5-19(21)25-22(29)16-31-23-26-20(15-30-23)17-7-9-18(24)10-8-17/h3-10,15H,2,11-14,16H2,1H3,(H,25,29). The number of amides is 1. The molecule has 1 N–H and O–H groups in total. The number of thioether (sulfide) groups is 1. The highest BCUT2D eigenvalue weighted by atomic mass is 35.5. The molecular formula is C23H25ClN4OS2. The van der Waals surface area contributed by atoms with Crippen molar-refractivity contribution in [1.29, 1.82) is 0 Å². The summed E-state index contributed by atoms with van der Waals surface area (Å²) in [6.45, 7) is 7.33. The van der Waals surface area contributed by atoms with Crippen molar-refractivity contribution in [3.63, 3.8) is 0 Å². The van der Waals surface area contributed by atoms with Gasteiger partial charge in [-0.3, -0.25) is 4.79 Å². The Bertz CT molecular complexity index is 1020. The van der Waals surface area contributed by atoms with Gasteiger partial charge in [0.2, 0.25) is 5.91 Å². The van der Waals surface area contributed by atoms with Crippen LogP contribution >= 0.6 is 34.7 Å². The van der Waals surface area contributed by atoms with Gasteiger partial charge in [0, 0.05) is 42.1 Å². The van der Waals surface area contributed by atoms with Crippen LogP contribution in [0, 0.1) is 0 Å². The minimum Gasteiger partial charge on any atom is -0.367 e. The molecule has 0 saturated carbocycles. The molecule has 0 unspecified atom stereocenters. The second kappa shape index (κ2) is 10.5. The first-order chi connectivity index (χ1) is 15.1. The number of carbonyl (C=O) groups excluding carboxylic acids is 1. The van der Waals surface area contributed by atoms with Gasteiger partial charge in [0.1, 0.15) is 0 Å². The molecule has 31 heavy (non-hydrogen) atoms. The molecule has 0 spiro atoms. The van der Waals surface area contributed by atoms with Gasteiger partial charge in [-0.15, -0.1) is 11.3 Å². The molecule has 0 bridgehead atoms. The van der Waals surface area contributed by atoms with Crippen LogP contribution in [-0.4, -0.2) is 54.3 Å². The van der Waals surface area contributed by atoms with Crippen LogP contribution in [0.4, 0.5) is 11.4 Å². The van der Waals surface area contributed by atoms with Crippen molar-refractivity contribution in [2.75, 3.05) is 48.7 Å². The van der Waals surface area contributed by atoms with Gasteiger partial charge in [-0.2, -0.15) is 0 Å². The summed E-state index contributed by atoms with van der Waals surface area (Å²) < 4.78 is 0.879. The summed E-state index contributed by atoms with van der Waals surface area (Å²) in [5.74, 6) is 0.304. The maximum atomic E-state index is 12.6. The van der Waals surface area contributed by atoms with E-state index in [9.17, 15) is 4.79 Å².